The first-order valence-corrected chi connectivity index (χ1v) is 12.0. The number of aliphatic hydroxyl groups excluding tert-OH is 1. The van der Waals surface area contributed by atoms with Crippen molar-refractivity contribution in [1.82, 2.24) is 19.9 Å². The molecular formula is C26H26Cl2F3N5O3. The van der Waals surface area contributed by atoms with Gasteiger partial charge in [-0.2, -0.15) is 13.2 Å². The Balaban J connectivity index is 0.00000420. The van der Waals surface area contributed by atoms with Gasteiger partial charge in [0.05, 0.1) is 28.1 Å². The summed E-state index contributed by atoms with van der Waals surface area (Å²) in [7, 11) is 0. The molecule has 0 radical (unpaired) electrons. The molecule has 208 valence electrons. The summed E-state index contributed by atoms with van der Waals surface area (Å²) in [5.41, 5.74) is 0.239. The molecule has 4 aromatic rings. The van der Waals surface area contributed by atoms with Gasteiger partial charge in [-0.1, -0.05) is 17.7 Å². The quantitative estimate of drug-likeness (QED) is 0.217. The summed E-state index contributed by atoms with van der Waals surface area (Å²) in [6.45, 7) is 3.81. The standard InChI is InChI=1S/C26H25ClF3N5O3.ClH/c1-25(2,14-36)24(37)31-9-11-35-10-8-20-22(35)23(33-15-32-20)34-17-6-7-21(19(27)13-17)38-18-5-3-4-16(12-18)26(28,29)30;/h3-8,10,12-13,15,36H,9,11,14H2,1-2H3,(H,31,37)(H,32,33,34);1H. The highest BCUT2D eigenvalue weighted by Crippen LogP contribution is 2.36. The minimum atomic E-state index is -4.49. The highest BCUT2D eigenvalue weighted by atomic mass is 35.5. The van der Waals surface area contributed by atoms with E-state index in [0.717, 1.165) is 12.1 Å². The molecule has 0 aliphatic rings. The second-order valence-electron chi connectivity index (χ2n) is 9.16. The fourth-order valence-corrected chi connectivity index (χ4v) is 3.79. The number of carbonyl (C=O) groups excluding carboxylic acids is 1. The van der Waals surface area contributed by atoms with E-state index < -0.39 is 17.2 Å². The lowest BCUT2D eigenvalue weighted by atomic mass is 9.94. The molecule has 0 saturated heterocycles. The number of rotatable bonds is 9. The zero-order chi connectivity index (χ0) is 27.5. The van der Waals surface area contributed by atoms with Crippen molar-refractivity contribution < 1.29 is 27.8 Å². The number of hydrogen-bond donors (Lipinski definition) is 3. The van der Waals surface area contributed by atoms with Crippen LogP contribution in [-0.4, -0.2) is 38.7 Å². The summed E-state index contributed by atoms with van der Waals surface area (Å²) in [6, 6.07) is 11.1. The Kier molecular flexibility index (Phi) is 9.31. The fraction of sp³-hybridized carbons (Fsp3) is 0.269. The third-order valence-corrected chi connectivity index (χ3v) is 6.08. The van der Waals surface area contributed by atoms with Crippen LogP contribution in [0.25, 0.3) is 11.0 Å². The first-order chi connectivity index (χ1) is 18.0. The van der Waals surface area contributed by atoms with E-state index >= 15 is 0 Å². The molecule has 0 saturated carbocycles. The van der Waals surface area contributed by atoms with Gasteiger partial charge >= 0.3 is 6.18 Å². The molecule has 0 spiro atoms. The number of alkyl halides is 3. The molecule has 0 aliphatic carbocycles. The number of carbonyl (C=O) groups is 1. The van der Waals surface area contributed by atoms with Gasteiger partial charge in [-0.25, -0.2) is 9.97 Å². The Labute approximate surface area is 233 Å². The molecule has 2 aromatic carbocycles. The van der Waals surface area contributed by atoms with E-state index in [1.54, 1.807) is 32.0 Å². The van der Waals surface area contributed by atoms with Crippen LogP contribution < -0.4 is 15.4 Å². The van der Waals surface area contributed by atoms with Gasteiger partial charge in [-0.05, 0) is 56.3 Å². The number of nitrogens with one attached hydrogen (secondary N) is 2. The molecule has 1 amide bonds. The van der Waals surface area contributed by atoms with E-state index in [1.807, 2.05) is 16.8 Å². The summed E-state index contributed by atoms with van der Waals surface area (Å²) >= 11 is 6.37. The van der Waals surface area contributed by atoms with Crippen molar-refractivity contribution in [2.75, 3.05) is 18.5 Å². The molecule has 0 atom stereocenters. The average Bonchev–Trinajstić information content (AvgIpc) is 3.29. The third-order valence-electron chi connectivity index (χ3n) is 5.78. The molecule has 8 nitrogen and oxygen atoms in total. The zero-order valence-corrected chi connectivity index (χ0v) is 22.5. The highest BCUT2D eigenvalue weighted by Gasteiger charge is 2.30. The number of hydrogen-bond acceptors (Lipinski definition) is 6. The van der Waals surface area contributed by atoms with E-state index in [1.165, 1.54) is 18.5 Å². The maximum Gasteiger partial charge on any atom is 0.416 e. The van der Waals surface area contributed by atoms with Crippen LogP contribution in [0.2, 0.25) is 5.02 Å². The molecule has 0 aliphatic heterocycles. The van der Waals surface area contributed by atoms with Crippen molar-refractivity contribution in [3.05, 3.63) is 71.6 Å². The van der Waals surface area contributed by atoms with Crippen LogP contribution >= 0.6 is 24.0 Å². The van der Waals surface area contributed by atoms with Gasteiger partial charge in [0.2, 0.25) is 5.91 Å². The Morgan fingerprint density at radius 3 is 2.59 bits per heavy atom. The van der Waals surface area contributed by atoms with Crippen molar-refractivity contribution in [2.24, 2.45) is 5.41 Å². The predicted molar refractivity (Wildman–Crippen MR) is 145 cm³/mol. The summed E-state index contributed by atoms with van der Waals surface area (Å²) < 4.78 is 46.5. The van der Waals surface area contributed by atoms with E-state index in [-0.39, 0.29) is 41.4 Å². The number of halogens is 5. The fourth-order valence-electron chi connectivity index (χ4n) is 3.57. The third kappa shape index (κ3) is 7.11. The van der Waals surface area contributed by atoms with Crippen molar-refractivity contribution in [2.45, 2.75) is 26.6 Å². The van der Waals surface area contributed by atoms with Gasteiger partial charge in [0.25, 0.3) is 0 Å². The number of ether oxygens (including phenoxy) is 1. The normalized spacial score (nSPS) is 11.7. The number of anilines is 2. The van der Waals surface area contributed by atoms with E-state index in [9.17, 15) is 23.1 Å². The summed E-state index contributed by atoms with van der Waals surface area (Å²) in [5.74, 6) is 0.430. The minimum Gasteiger partial charge on any atom is -0.456 e. The maximum atomic E-state index is 13.0. The Hall–Kier alpha value is -3.54. The lowest BCUT2D eigenvalue weighted by Gasteiger charge is -2.20. The number of benzene rings is 2. The summed E-state index contributed by atoms with van der Waals surface area (Å²) in [6.07, 6.45) is -1.25. The van der Waals surface area contributed by atoms with Gasteiger partial charge < -0.3 is 25.0 Å². The summed E-state index contributed by atoms with van der Waals surface area (Å²) in [4.78, 5) is 20.9. The molecule has 0 unspecified atom stereocenters. The van der Waals surface area contributed by atoms with Crippen LogP contribution in [0.1, 0.15) is 19.4 Å². The van der Waals surface area contributed by atoms with Gasteiger partial charge in [0.15, 0.2) is 5.82 Å². The number of aliphatic hydroxyl groups is 1. The second kappa shape index (κ2) is 12.1. The van der Waals surface area contributed by atoms with Crippen LogP contribution in [0.3, 0.4) is 0 Å². The molecule has 39 heavy (non-hydrogen) atoms. The average molecular weight is 584 g/mol. The largest absolute Gasteiger partial charge is 0.456 e. The number of nitrogens with zero attached hydrogens (tertiary/aromatic N) is 3. The molecule has 2 aromatic heterocycles. The van der Waals surface area contributed by atoms with Crippen LogP contribution in [0, 0.1) is 5.41 Å². The summed E-state index contributed by atoms with van der Waals surface area (Å²) in [5, 5.41) is 15.6. The van der Waals surface area contributed by atoms with Gasteiger partial charge in [-0.15, -0.1) is 12.4 Å². The lowest BCUT2D eigenvalue weighted by molar-refractivity contribution is -0.137. The number of amides is 1. The van der Waals surface area contributed by atoms with Crippen molar-refractivity contribution >= 4 is 52.5 Å². The molecule has 0 bridgehead atoms. The molecule has 13 heteroatoms. The van der Waals surface area contributed by atoms with Crippen LogP contribution in [0.5, 0.6) is 11.5 Å². The Morgan fingerprint density at radius 1 is 1.13 bits per heavy atom. The van der Waals surface area contributed by atoms with Gasteiger partial charge in [-0.3, -0.25) is 4.79 Å². The second-order valence-corrected chi connectivity index (χ2v) is 9.57. The molecule has 0 fully saturated rings. The van der Waals surface area contributed by atoms with Gasteiger partial charge in [0.1, 0.15) is 23.3 Å². The molecule has 2 heterocycles. The minimum absolute atomic E-state index is 0. The Bertz CT molecular complexity index is 1460. The van der Waals surface area contributed by atoms with E-state index in [4.69, 9.17) is 16.3 Å². The zero-order valence-electron chi connectivity index (χ0n) is 20.9. The smallest absolute Gasteiger partial charge is 0.416 e. The predicted octanol–water partition coefficient (Wildman–Crippen LogP) is 6.20. The van der Waals surface area contributed by atoms with Crippen molar-refractivity contribution in [3.8, 4) is 11.5 Å². The first-order valence-electron chi connectivity index (χ1n) is 11.6. The highest BCUT2D eigenvalue weighted by molar-refractivity contribution is 6.32. The SMILES string of the molecule is CC(C)(CO)C(=O)NCCn1ccc2ncnc(Nc3ccc(Oc4cccc(C(F)(F)F)c4)c(Cl)c3)c21.Cl. The monoisotopic (exact) mass is 583 g/mol. The van der Waals surface area contributed by atoms with Crippen LogP contribution in [0.15, 0.2) is 61.1 Å². The lowest BCUT2D eigenvalue weighted by Crippen LogP contribution is -2.40. The number of aromatic nitrogens is 3. The topological polar surface area (TPSA) is 101 Å². The Morgan fingerprint density at radius 2 is 1.90 bits per heavy atom. The van der Waals surface area contributed by atoms with E-state index in [2.05, 4.69) is 20.6 Å². The molecule has 3 N–H and O–H groups in total. The van der Waals surface area contributed by atoms with Crippen molar-refractivity contribution in [3.63, 3.8) is 0 Å². The molecular weight excluding hydrogens is 558 g/mol. The number of fused-ring (bicyclic) bond motifs is 1. The molecule has 4 rings (SSSR count). The van der Waals surface area contributed by atoms with E-state index in [0.29, 0.717) is 35.6 Å². The van der Waals surface area contributed by atoms with Crippen LogP contribution in [-0.2, 0) is 17.5 Å². The van der Waals surface area contributed by atoms with Gasteiger partial charge in [0, 0.05) is 25.0 Å². The van der Waals surface area contributed by atoms with Crippen LogP contribution in [0.4, 0.5) is 24.7 Å². The first kappa shape index (κ1) is 30.0. The maximum absolute atomic E-state index is 13.0. The van der Waals surface area contributed by atoms with Crippen molar-refractivity contribution in [1.29, 1.82) is 0 Å².